The smallest absolute Gasteiger partial charge is 0.191 e. The molecule has 0 radical (unpaired) electrons. The van der Waals surface area contributed by atoms with Crippen molar-refractivity contribution in [3.8, 4) is 0 Å². The summed E-state index contributed by atoms with van der Waals surface area (Å²) in [6.45, 7) is 11.4. The van der Waals surface area contributed by atoms with Crippen molar-refractivity contribution in [1.82, 2.24) is 9.97 Å². The number of thiophene rings is 1. The molecule has 24 heavy (non-hydrogen) atoms. The van der Waals surface area contributed by atoms with Gasteiger partial charge in [0.2, 0.25) is 0 Å². The molecule has 0 bridgehead atoms. The number of nitrogens with zero attached hydrogens (tertiary/aromatic N) is 2. The lowest BCUT2D eigenvalue weighted by atomic mass is 9.94. The quantitative estimate of drug-likeness (QED) is 0.618. The van der Waals surface area contributed by atoms with E-state index in [9.17, 15) is 5.11 Å². The van der Waals surface area contributed by atoms with E-state index in [-0.39, 0.29) is 5.60 Å². The van der Waals surface area contributed by atoms with E-state index in [2.05, 4.69) is 33.0 Å². The Morgan fingerprint density at radius 1 is 1.33 bits per heavy atom. The molecule has 0 aliphatic carbocycles. The van der Waals surface area contributed by atoms with Gasteiger partial charge in [-0.1, -0.05) is 25.6 Å². The summed E-state index contributed by atoms with van der Waals surface area (Å²) in [6.07, 6.45) is 0.427. The standard InChI is InChI=1S/C17H25N3O2S2/c1-9(2)23-16-19-14(18-7-10(3)21)13-11-6-17(4,5)22-8-12(11)24-15(13)20-16/h9-10,21H,6-8H2,1-5H3,(H,18,19,20)/t10-/m0/s1. The third-order valence-corrected chi connectivity index (χ3v) is 5.78. The van der Waals surface area contributed by atoms with Gasteiger partial charge >= 0.3 is 0 Å². The van der Waals surface area contributed by atoms with Crippen LogP contribution < -0.4 is 5.32 Å². The summed E-state index contributed by atoms with van der Waals surface area (Å²) >= 11 is 3.36. The predicted molar refractivity (Wildman–Crippen MR) is 101 cm³/mol. The highest BCUT2D eigenvalue weighted by Gasteiger charge is 2.31. The van der Waals surface area contributed by atoms with Crippen LogP contribution in [0.3, 0.4) is 0 Å². The molecule has 0 saturated carbocycles. The van der Waals surface area contributed by atoms with E-state index in [1.807, 2.05) is 0 Å². The Hall–Kier alpha value is -0.890. The monoisotopic (exact) mass is 367 g/mol. The average Bonchev–Trinajstić information content (AvgIpc) is 2.80. The molecule has 1 aliphatic rings. The second-order valence-electron chi connectivity index (χ2n) is 7.16. The third kappa shape index (κ3) is 3.85. The number of aliphatic hydroxyl groups is 1. The second-order valence-corrected chi connectivity index (χ2v) is 9.79. The first-order chi connectivity index (χ1) is 11.2. The van der Waals surface area contributed by atoms with Crippen LogP contribution >= 0.6 is 23.1 Å². The number of hydrogen-bond acceptors (Lipinski definition) is 7. The molecule has 0 aromatic carbocycles. The van der Waals surface area contributed by atoms with Gasteiger partial charge < -0.3 is 15.2 Å². The molecule has 0 amide bonds. The van der Waals surface area contributed by atoms with Gasteiger partial charge in [-0.15, -0.1) is 11.3 Å². The van der Waals surface area contributed by atoms with E-state index < -0.39 is 6.10 Å². The Morgan fingerprint density at radius 3 is 2.75 bits per heavy atom. The maximum Gasteiger partial charge on any atom is 0.191 e. The van der Waals surface area contributed by atoms with Crippen molar-refractivity contribution in [3.63, 3.8) is 0 Å². The largest absolute Gasteiger partial charge is 0.392 e. The normalized spacial score (nSPS) is 18.0. The van der Waals surface area contributed by atoms with Crippen molar-refractivity contribution >= 4 is 39.1 Å². The van der Waals surface area contributed by atoms with E-state index >= 15 is 0 Å². The molecule has 2 aromatic heterocycles. The fraction of sp³-hybridized carbons (Fsp3) is 0.647. The van der Waals surface area contributed by atoms with Gasteiger partial charge in [-0.25, -0.2) is 9.97 Å². The van der Waals surface area contributed by atoms with Gasteiger partial charge in [-0.05, 0) is 26.3 Å². The van der Waals surface area contributed by atoms with Gasteiger partial charge in [0.1, 0.15) is 10.6 Å². The molecule has 0 spiro atoms. The average molecular weight is 368 g/mol. The zero-order valence-electron chi connectivity index (χ0n) is 14.8. The van der Waals surface area contributed by atoms with Gasteiger partial charge in [-0.2, -0.15) is 0 Å². The van der Waals surface area contributed by atoms with Crippen LogP contribution in [0.5, 0.6) is 0 Å². The number of nitrogens with one attached hydrogen (secondary N) is 1. The summed E-state index contributed by atoms with van der Waals surface area (Å²) < 4.78 is 5.95. The van der Waals surface area contributed by atoms with Crippen LogP contribution in [0.25, 0.3) is 10.2 Å². The first-order valence-electron chi connectivity index (χ1n) is 8.30. The molecule has 0 fully saturated rings. The summed E-state index contributed by atoms with van der Waals surface area (Å²) in [5.41, 5.74) is 1.12. The van der Waals surface area contributed by atoms with Crippen LogP contribution in [0.1, 0.15) is 45.1 Å². The number of fused-ring (bicyclic) bond motifs is 3. The molecule has 132 valence electrons. The molecular weight excluding hydrogens is 342 g/mol. The van der Waals surface area contributed by atoms with E-state index in [4.69, 9.17) is 14.7 Å². The maximum absolute atomic E-state index is 9.64. The van der Waals surface area contributed by atoms with E-state index in [1.54, 1.807) is 30.0 Å². The van der Waals surface area contributed by atoms with Crippen LogP contribution in [0.4, 0.5) is 5.82 Å². The van der Waals surface area contributed by atoms with Crippen LogP contribution in [-0.4, -0.2) is 38.6 Å². The van der Waals surface area contributed by atoms with Gasteiger partial charge in [0.25, 0.3) is 0 Å². The first kappa shape index (κ1) is 17.9. The van der Waals surface area contributed by atoms with Gasteiger partial charge in [0.05, 0.1) is 23.7 Å². The Labute approximate surface area is 151 Å². The van der Waals surface area contributed by atoms with Crippen molar-refractivity contribution in [2.45, 2.75) is 69.8 Å². The molecule has 2 N–H and O–H groups in total. The number of aliphatic hydroxyl groups excluding tert-OH is 1. The van der Waals surface area contributed by atoms with Crippen molar-refractivity contribution in [2.75, 3.05) is 11.9 Å². The molecular formula is C17H25N3O2S2. The minimum atomic E-state index is -0.426. The Balaban J connectivity index is 2.10. The molecule has 0 saturated heterocycles. The number of aromatic nitrogens is 2. The van der Waals surface area contributed by atoms with Crippen molar-refractivity contribution in [1.29, 1.82) is 0 Å². The van der Waals surface area contributed by atoms with E-state index in [1.165, 1.54) is 10.4 Å². The highest BCUT2D eigenvalue weighted by molar-refractivity contribution is 7.99. The number of rotatable bonds is 5. The molecule has 7 heteroatoms. The van der Waals surface area contributed by atoms with Crippen LogP contribution in [0.2, 0.25) is 0 Å². The molecule has 1 atom stereocenters. The second kappa shape index (κ2) is 6.78. The van der Waals surface area contributed by atoms with E-state index in [0.717, 1.165) is 27.6 Å². The summed E-state index contributed by atoms with van der Waals surface area (Å²) in [5, 5.41) is 15.3. The number of hydrogen-bond donors (Lipinski definition) is 2. The maximum atomic E-state index is 9.64. The van der Waals surface area contributed by atoms with Gasteiger partial charge in [-0.3, -0.25) is 0 Å². The summed E-state index contributed by atoms with van der Waals surface area (Å²) in [4.78, 5) is 11.8. The lowest BCUT2D eigenvalue weighted by Crippen LogP contribution is -2.31. The van der Waals surface area contributed by atoms with Crippen molar-refractivity contribution < 1.29 is 9.84 Å². The molecule has 0 unspecified atom stereocenters. The SMILES string of the molecule is CC(C)Sc1nc(NC[C@H](C)O)c2c3c(sc2n1)COC(C)(C)C3. The first-order valence-corrected chi connectivity index (χ1v) is 9.99. The fourth-order valence-corrected chi connectivity index (χ4v) is 4.63. The lowest BCUT2D eigenvalue weighted by molar-refractivity contribution is -0.0379. The Kier molecular flexibility index (Phi) is 5.06. The van der Waals surface area contributed by atoms with Crippen molar-refractivity contribution in [3.05, 3.63) is 10.4 Å². The Morgan fingerprint density at radius 2 is 2.08 bits per heavy atom. The van der Waals surface area contributed by atoms with Crippen molar-refractivity contribution in [2.24, 2.45) is 0 Å². The zero-order chi connectivity index (χ0) is 17.5. The van der Waals surface area contributed by atoms with Crippen LogP contribution in [0.15, 0.2) is 5.16 Å². The molecule has 2 aromatic rings. The molecule has 3 heterocycles. The molecule has 5 nitrogen and oxygen atoms in total. The minimum absolute atomic E-state index is 0.173. The Bertz CT molecular complexity index is 741. The molecule has 1 aliphatic heterocycles. The van der Waals surface area contributed by atoms with Crippen LogP contribution in [-0.2, 0) is 17.8 Å². The summed E-state index contributed by atoms with van der Waals surface area (Å²) in [7, 11) is 0. The predicted octanol–water partition coefficient (Wildman–Crippen LogP) is 3.84. The number of anilines is 1. The zero-order valence-corrected chi connectivity index (χ0v) is 16.5. The van der Waals surface area contributed by atoms with Crippen LogP contribution in [0, 0.1) is 0 Å². The summed E-state index contributed by atoms with van der Waals surface area (Å²) in [5.74, 6) is 0.833. The summed E-state index contributed by atoms with van der Waals surface area (Å²) in [6, 6.07) is 0. The number of ether oxygens (including phenoxy) is 1. The van der Waals surface area contributed by atoms with Gasteiger partial charge in [0.15, 0.2) is 5.16 Å². The minimum Gasteiger partial charge on any atom is -0.392 e. The highest BCUT2D eigenvalue weighted by atomic mass is 32.2. The number of thioether (sulfide) groups is 1. The lowest BCUT2D eigenvalue weighted by Gasteiger charge is -2.30. The van der Waals surface area contributed by atoms with E-state index in [0.29, 0.717) is 18.4 Å². The fourth-order valence-electron chi connectivity index (χ4n) is 2.76. The highest BCUT2D eigenvalue weighted by Crippen LogP contribution is 2.41. The van der Waals surface area contributed by atoms with Gasteiger partial charge in [0, 0.05) is 23.1 Å². The molecule has 3 rings (SSSR count). The topological polar surface area (TPSA) is 67.3 Å². The third-order valence-electron chi connectivity index (χ3n) is 3.82.